The van der Waals surface area contributed by atoms with Gasteiger partial charge in [-0.3, -0.25) is 19.2 Å². The van der Waals surface area contributed by atoms with E-state index < -0.39 is 69.2 Å². The quantitative estimate of drug-likeness (QED) is 0.0800. The van der Waals surface area contributed by atoms with Crippen molar-refractivity contribution in [1.82, 2.24) is 0 Å². The maximum atomic E-state index is 12.1. The molecule has 0 N–H and O–H groups in total. The van der Waals surface area contributed by atoms with E-state index in [4.69, 9.17) is 0 Å². The molecule has 0 aliphatic heterocycles. The maximum Gasteiger partial charge on any atom is 4.00 e. The van der Waals surface area contributed by atoms with Crippen LogP contribution in [0.5, 0.6) is 0 Å². The molecule has 0 aromatic heterocycles. The first-order chi connectivity index (χ1) is 27.9. The number of carboxylic acids is 4. The van der Waals surface area contributed by atoms with Crippen molar-refractivity contribution < 1.29 is 85.0 Å². The molecule has 12 nitrogen and oxygen atoms in total. The van der Waals surface area contributed by atoms with Crippen LogP contribution < -0.4 is 20.4 Å². The van der Waals surface area contributed by atoms with E-state index in [2.05, 4.69) is 0 Å². The molecule has 0 aromatic rings. The molecule has 0 radical (unpaired) electrons. The van der Waals surface area contributed by atoms with Gasteiger partial charge < -0.3 is 39.6 Å². The summed E-state index contributed by atoms with van der Waals surface area (Å²) in [5.74, 6) is -9.32. The van der Waals surface area contributed by atoms with Crippen molar-refractivity contribution in [1.29, 1.82) is 0 Å². The van der Waals surface area contributed by atoms with Gasteiger partial charge in [0.2, 0.25) is 0 Å². The number of hydrogen-bond acceptors (Lipinski definition) is 12. The summed E-state index contributed by atoms with van der Waals surface area (Å²) in [5.41, 5.74) is -1.89. The predicted octanol–water partition coefficient (Wildman–Crippen LogP) is 6.19. The second kappa shape index (κ2) is 33.9. The van der Waals surface area contributed by atoms with E-state index in [0.29, 0.717) is 103 Å². The minimum Gasteiger partial charge on any atom is -0.549 e. The number of rotatable bonds is 28. The number of carboxylic acid groups (broad SMARTS) is 4. The van der Waals surface area contributed by atoms with Gasteiger partial charge in [-0.2, -0.15) is 0 Å². The third-order valence-corrected chi connectivity index (χ3v) is 14.2. The molecule has 0 spiro atoms. The largest absolute Gasteiger partial charge is 4.00 e. The molecule has 0 aliphatic carbocycles. The summed E-state index contributed by atoms with van der Waals surface area (Å²) < 4.78 is 0. The molecule has 4 unspecified atom stereocenters. The van der Waals surface area contributed by atoms with Crippen LogP contribution >= 0.6 is 0 Å². The minimum absolute atomic E-state index is 0. The Bertz CT molecular complexity index is 1090. The summed E-state index contributed by atoms with van der Waals surface area (Å²) >= 11 is 0. The van der Waals surface area contributed by atoms with Gasteiger partial charge in [-0.15, -0.1) is 0 Å². The predicted molar refractivity (Wildman–Crippen MR) is 228 cm³/mol. The summed E-state index contributed by atoms with van der Waals surface area (Å²) in [6.07, 6.45) is 9.65. The first kappa shape index (κ1) is 67.5. The summed E-state index contributed by atoms with van der Waals surface area (Å²) in [5, 5.41) is 43.3. The number of carbonyl (C=O) groups is 8. The minimum atomic E-state index is -1.23. The Kier molecular flexibility index (Phi) is 37.6. The van der Waals surface area contributed by atoms with E-state index >= 15 is 0 Å². The van der Waals surface area contributed by atoms with E-state index in [1.165, 1.54) is 0 Å². The van der Waals surface area contributed by atoms with Gasteiger partial charge in [0, 0.05) is 21.7 Å². The van der Waals surface area contributed by atoms with Gasteiger partial charge >= 0.3 is 26.2 Å². The molecule has 0 saturated heterocycles. The van der Waals surface area contributed by atoms with E-state index in [-0.39, 0.29) is 49.3 Å². The molecule has 0 fully saturated rings. The Morgan fingerprint density at radius 1 is 0.279 bits per heavy atom. The molecule has 13 heteroatoms. The fraction of sp³-hybridized carbons (Fsp3) is 0.833. The zero-order valence-electron chi connectivity index (χ0n) is 41.0. The van der Waals surface area contributed by atoms with Crippen LogP contribution in [0, 0.1) is 45.3 Å². The third kappa shape index (κ3) is 18.6. The first-order valence-electron chi connectivity index (χ1n) is 22.9. The number of Topliss-reactive ketones (excluding diaryl/α,β-unsaturated/α-hetero) is 4. The van der Waals surface area contributed by atoms with Crippen molar-refractivity contribution in [2.45, 2.75) is 214 Å². The summed E-state index contributed by atoms with van der Waals surface area (Å²) in [4.78, 5) is 91.8. The molecule has 0 aliphatic rings. The first-order valence-corrected chi connectivity index (χ1v) is 22.9. The third-order valence-electron chi connectivity index (χ3n) is 14.2. The smallest absolute Gasteiger partial charge is 0.549 e. The van der Waals surface area contributed by atoms with Crippen LogP contribution in [0.3, 0.4) is 0 Å². The average Bonchev–Trinajstić information content (AvgIpc) is 3.23. The monoisotopic (exact) mass is 943 g/mol. The zero-order chi connectivity index (χ0) is 48.2. The Balaban J connectivity index is -0.000000227. The molecular weight excluding hydrogens is 860 g/mol. The fourth-order valence-corrected chi connectivity index (χ4v) is 8.41. The maximum absolute atomic E-state index is 12.1. The van der Waals surface area contributed by atoms with E-state index in [9.17, 15) is 58.8 Å². The SMILES string of the molecule is CCC(C(=O)[O-])C(=O)C(CC)(CC)CC.CCC(C(=O)[O-])C(=O)C(CC)(CC)CC.CCC(C(=O)[O-])C(=O)C(CC)(CC)CC.CCC(C(=O)[O-])C(=O)C(CC)(CC)CC.[Zr+4]. The molecular formula is C48H84O12Zr. The second-order valence-corrected chi connectivity index (χ2v) is 15.9. The Morgan fingerprint density at radius 3 is 0.426 bits per heavy atom. The topological polar surface area (TPSA) is 229 Å². The molecule has 61 heavy (non-hydrogen) atoms. The number of ketones is 4. The zero-order valence-corrected chi connectivity index (χ0v) is 43.5. The van der Waals surface area contributed by atoms with Crippen LogP contribution in [0.4, 0.5) is 0 Å². The molecule has 4 atom stereocenters. The Hall–Kier alpha value is -2.56. The van der Waals surface area contributed by atoms with Crippen molar-refractivity contribution in [2.24, 2.45) is 45.3 Å². The molecule has 0 rings (SSSR count). The van der Waals surface area contributed by atoms with Crippen molar-refractivity contribution in [2.75, 3.05) is 0 Å². The van der Waals surface area contributed by atoms with Crippen LogP contribution in [0.15, 0.2) is 0 Å². The van der Waals surface area contributed by atoms with Crippen molar-refractivity contribution in [3.63, 3.8) is 0 Å². The van der Waals surface area contributed by atoms with Gasteiger partial charge in [0.05, 0.1) is 47.5 Å². The van der Waals surface area contributed by atoms with E-state index in [0.717, 1.165) is 0 Å². The number of carbonyl (C=O) groups excluding carboxylic acids is 8. The molecule has 0 saturated carbocycles. The van der Waals surface area contributed by atoms with Crippen molar-refractivity contribution in [3.8, 4) is 0 Å². The molecule has 352 valence electrons. The van der Waals surface area contributed by atoms with Gasteiger partial charge in [0.15, 0.2) is 0 Å². The van der Waals surface area contributed by atoms with Crippen molar-refractivity contribution in [3.05, 3.63) is 0 Å². The average molecular weight is 944 g/mol. The summed E-state index contributed by atoms with van der Waals surface area (Å²) in [6.45, 7) is 30.1. The van der Waals surface area contributed by atoms with Crippen LogP contribution in [0.1, 0.15) is 214 Å². The van der Waals surface area contributed by atoms with Gasteiger partial charge in [-0.25, -0.2) is 0 Å². The summed E-state index contributed by atoms with van der Waals surface area (Å²) in [7, 11) is 0. The van der Waals surface area contributed by atoms with E-state index in [1.54, 1.807) is 27.7 Å². The van der Waals surface area contributed by atoms with Crippen LogP contribution in [-0.2, 0) is 64.6 Å². The van der Waals surface area contributed by atoms with Gasteiger partial charge in [-0.05, 0) is 103 Å². The van der Waals surface area contributed by atoms with Crippen molar-refractivity contribution >= 4 is 47.0 Å². The van der Waals surface area contributed by atoms with Crippen LogP contribution in [0.2, 0.25) is 0 Å². The molecule has 0 aromatic carbocycles. The number of aliphatic carboxylic acids is 4. The molecule has 0 bridgehead atoms. The molecule has 0 heterocycles. The standard InChI is InChI=1S/4C12H22O3.Zr/c4*1-5-9(11(14)15)10(13)12(6-2,7-3)8-4;/h4*9H,5-8H2,1-4H3,(H,14,15);/q;;;;+4/p-4. The Morgan fingerprint density at radius 2 is 0.377 bits per heavy atom. The Labute approximate surface area is 389 Å². The van der Waals surface area contributed by atoms with Crippen LogP contribution in [-0.4, -0.2) is 47.0 Å². The normalized spacial score (nSPS) is 13.4. The van der Waals surface area contributed by atoms with E-state index in [1.807, 2.05) is 83.1 Å². The second-order valence-electron chi connectivity index (χ2n) is 15.9. The number of hydrogen-bond donors (Lipinski definition) is 0. The van der Waals surface area contributed by atoms with Gasteiger partial charge in [0.25, 0.3) is 0 Å². The van der Waals surface area contributed by atoms with Gasteiger partial charge in [-0.1, -0.05) is 111 Å². The van der Waals surface area contributed by atoms with Gasteiger partial charge in [0.1, 0.15) is 23.1 Å². The fourth-order valence-electron chi connectivity index (χ4n) is 8.41. The summed E-state index contributed by atoms with van der Waals surface area (Å²) in [6, 6.07) is 0. The molecule has 0 amide bonds. The van der Waals surface area contributed by atoms with Crippen LogP contribution in [0.25, 0.3) is 0 Å².